The molecule has 6 heteroatoms. The number of oxazole rings is 1. The summed E-state index contributed by atoms with van der Waals surface area (Å²) >= 11 is 0. The number of nitrogens with one attached hydrogen (secondary N) is 2. The predicted octanol–water partition coefficient (Wildman–Crippen LogP) is 3.10. The van der Waals surface area contributed by atoms with Gasteiger partial charge in [-0.2, -0.15) is 0 Å². The average Bonchev–Trinajstić information content (AvgIpc) is 2.79. The van der Waals surface area contributed by atoms with E-state index in [1.54, 1.807) is 0 Å². The molecule has 0 bridgehead atoms. The number of benzene rings is 1. The van der Waals surface area contributed by atoms with E-state index in [9.17, 15) is 0 Å². The highest BCUT2D eigenvalue weighted by atomic mass is 16.3. The maximum atomic E-state index is 5.51. The Kier molecular flexibility index (Phi) is 3.20. The van der Waals surface area contributed by atoms with E-state index in [0.29, 0.717) is 5.89 Å². The first-order valence-electron chi connectivity index (χ1n) is 6.45. The molecule has 2 heterocycles. The molecule has 0 saturated heterocycles. The second-order valence-electron chi connectivity index (χ2n) is 4.36. The van der Waals surface area contributed by atoms with E-state index in [1.165, 1.54) is 6.33 Å². The van der Waals surface area contributed by atoms with Crippen molar-refractivity contribution in [3.05, 3.63) is 36.5 Å². The minimum absolute atomic E-state index is 0.661. The van der Waals surface area contributed by atoms with Gasteiger partial charge in [-0.1, -0.05) is 0 Å². The quantitative estimate of drug-likeness (QED) is 0.758. The molecule has 0 saturated carbocycles. The van der Waals surface area contributed by atoms with E-state index in [4.69, 9.17) is 4.42 Å². The van der Waals surface area contributed by atoms with E-state index in [2.05, 4.69) is 25.6 Å². The number of hydrogen-bond donors (Lipinski definition) is 2. The lowest BCUT2D eigenvalue weighted by Gasteiger charge is -2.07. The van der Waals surface area contributed by atoms with Gasteiger partial charge >= 0.3 is 0 Å². The van der Waals surface area contributed by atoms with E-state index >= 15 is 0 Å². The molecule has 2 aromatic heterocycles. The van der Waals surface area contributed by atoms with Crippen LogP contribution in [0.5, 0.6) is 0 Å². The number of aromatic nitrogens is 3. The van der Waals surface area contributed by atoms with Crippen LogP contribution in [0.1, 0.15) is 12.8 Å². The molecule has 102 valence electrons. The minimum Gasteiger partial charge on any atom is -0.441 e. The Balaban J connectivity index is 1.86. The van der Waals surface area contributed by atoms with Crippen molar-refractivity contribution in [1.29, 1.82) is 0 Å². The summed E-state index contributed by atoms with van der Waals surface area (Å²) in [6, 6.07) is 7.63. The fraction of sp³-hybridized carbons (Fsp3) is 0.214. The summed E-state index contributed by atoms with van der Waals surface area (Å²) in [7, 11) is 0. The zero-order valence-electron chi connectivity index (χ0n) is 11.3. The molecule has 0 aliphatic heterocycles. The molecule has 0 atom stereocenters. The fourth-order valence-corrected chi connectivity index (χ4v) is 1.97. The van der Waals surface area contributed by atoms with Crippen LogP contribution in [0.4, 0.5) is 17.3 Å². The van der Waals surface area contributed by atoms with E-state index in [-0.39, 0.29) is 0 Å². The zero-order valence-corrected chi connectivity index (χ0v) is 11.3. The van der Waals surface area contributed by atoms with E-state index in [0.717, 1.165) is 35.0 Å². The summed E-state index contributed by atoms with van der Waals surface area (Å²) in [5.74, 6) is 2.18. The van der Waals surface area contributed by atoms with Crippen molar-refractivity contribution in [3.8, 4) is 0 Å². The van der Waals surface area contributed by atoms with Crippen molar-refractivity contribution in [1.82, 2.24) is 15.0 Å². The van der Waals surface area contributed by atoms with Gasteiger partial charge in [0.25, 0.3) is 0 Å². The highest BCUT2D eigenvalue weighted by Gasteiger charge is 2.04. The van der Waals surface area contributed by atoms with Gasteiger partial charge in [-0.15, -0.1) is 0 Å². The Labute approximate surface area is 116 Å². The summed E-state index contributed by atoms with van der Waals surface area (Å²) in [6.07, 6.45) is 1.53. The third kappa shape index (κ3) is 2.54. The van der Waals surface area contributed by atoms with Crippen molar-refractivity contribution in [2.24, 2.45) is 0 Å². The maximum absolute atomic E-state index is 5.51. The van der Waals surface area contributed by atoms with Crippen LogP contribution in [0.25, 0.3) is 11.1 Å². The van der Waals surface area contributed by atoms with Crippen LogP contribution in [0, 0.1) is 6.92 Å². The molecule has 20 heavy (non-hydrogen) atoms. The molecule has 1 aromatic carbocycles. The number of fused-ring (bicyclic) bond motifs is 1. The van der Waals surface area contributed by atoms with Gasteiger partial charge in [0.05, 0.1) is 0 Å². The number of nitrogens with zero attached hydrogens (tertiary/aromatic N) is 3. The Morgan fingerprint density at radius 1 is 1.15 bits per heavy atom. The van der Waals surface area contributed by atoms with Crippen molar-refractivity contribution in [2.45, 2.75) is 13.8 Å². The summed E-state index contributed by atoms with van der Waals surface area (Å²) < 4.78 is 5.51. The first-order valence-corrected chi connectivity index (χ1v) is 6.45. The van der Waals surface area contributed by atoms with Gasteiger partial charge in [0.15, 0.2) is 11.5 Å². The Morgan fingerprint density at radius 2 is 2.00 bits per heavy atom. The summed E-state index contributed by atoms with van der Waals surface area (Å²) in [4.78, 5) is 12.6. The molecule has 0 amide bonds. The van der Waals surface area contributed by atoms with Crippen LogP contribution < -0.4 is 10.6 Å². The number of rotatable bonds is 4. The molecule has 0 aliphatic rings. The Hall–Kier alpha value is -2.63. The SMILES string of the molecule is CCNc1cc(Nc2ccc3nc(C)oc3c2)ncn1. The highest BCUT2D eigenvalue weighted by Crippen LogP contribution is 2.22. The minimum atomic E-state index is 0.661. The topological polar surface area (TPSA) is 75.9 Å². The van der Waals surface area contributed by atoms with Crippen molar-refractivity contribution in [3.63, 3.8) is 0 Å². The second-order valence-corrected chi connectivity index (χ2v) is 4.36. The molecule has 3 aromatic rings. The molecule has 0 fully saturated rings. The third-order valence-corrected chi connectivity index (χ3v) is 2.79. The summed E-state index contributed by atoms with van der Waals surface area (Å²) in [5, 5.41) is 6.37. The van der Waals surface area contributed by atoms with Crippen LogP contribution >= 0.6 is 0 Å². The van der Waals surface area contributed by atoms with Gasteiger partial charge < -0.3 is 15.1 Å². The highest BCUT2D eigenvalue weighted by molar-refractivity contribution is 5.78. The van der Waals surface area contributed by atoms with E-state index < -0.39 is 0 Å². The lowest BCUT2D eigenvalue weighted by molar-refractivity contribution is 0.561. The van der Waals surface area contributed by atoms with Gasteiger partial charge in [0, 0.05) is 31.3 Å². The fourth-order valence-electron chi connectivity index (χ4n) is 1.97. The van der Waals surface area contributed by atoms with Crippen LogP contribution in [0.15, 0.2) is 35.0 Å². The third-order valence-electron chi connectivity index (χ3n) is 2.79. The number of aryl methyl sites for hydroxylation is 1. The Morgan fingerprint density at radius 3 is 2.85 bits per heavy atom. The lowest BCUT2D eigenvalue weighted by atomic mass is 10.3. The predicted molar refractivity (Wildman–Crippen MR) is 78.2 cm³/mol. The van der Waals surface area contributed by atoms with Gasteiger partial charge in [-0.3, -0.25) is 0 Å². The van der Waals surface area contributed by atoms with Crippen LogP contribution in [-0.2, 0) is 0 Å². The van der Waals surface area contributed by atoms with Gasteiger partial charge in [-0.05, 0) is 19.1 Å². The molecular formula is C14H15N5O. The molecule has 0 unspecified atom stereocenters. The molecule has 2 N–H and O–H groups in total. The maximum Gasteiger partial charge on any atom is 0.192 e. The zero-order chi connectivity index (χ0) is 13.9. The van der Waals surface area contributed by atoms with Crippen LogP contribution in [0.3, 0.4) is 0 Å². The lowest BCUT2D eigenvalue weighted by Crippen LogP contribution is -2.01. The first-order chi connectivity index (χ1) is 9.74. The molecule has 3 rings (SSSR count). The largest absolute Gasteiger partial charge is 0.441 e. The van der Waals surface area contributed by atoms with Crippen LogP contribution in [-0.4, -0.2) is 21.5 Å². The number of anilines is 3. The molecule has 0 radical (unpaired) electrons. The van der Waals surface area contributed by atoms with Gasteiger partial charge in [0.1, 0.15) is 23.5 Å². The normalized spacial score (nSPS) is 10.7. The summed E-state index contributed by atoms with van der Waals surface area (Å²) in [5.41, 5.74) is 2.51. The molecular weight excluding hydrogens is 254 g/mol. The van der Waals surface area contributed by atoms with E-state index in [1.807, 2.05) is 38.1 Å². The van der Waals surface area contributed by atoms with Crippen molar-refractivity contribution in [2.75, 3.05) is 17.2 Å². The smallest absolute Gasteiger partial charge is 0.192 e. The van der Waals surface area contributed by atoms with Crippen LogP contribution in [0.2, 0.25) is 0 Å². The number of hydrogen-bond acceptors (Lipinski definition) is 6. The monoisotopic (exact) mass is 269 g/mol. The van der Waals surface area contributed by atoms with Crippen molar-refractivity contribution < 1.29 is 4.42 Å². The summed E-state index contributed by atoms with van der Waals surface area (Å²) in [6.45, 7) is 4.68. The second kappa shape index (κ2) is 5.16. The average molecular weight is 269 g/mol. The molecule has 0 spiro atoms. The first kappa shape index (κ1) is 12.4. The standard InChI is InChI=1S/C14H15N5O/c1-3-15-13-7-14(17-8-16-13)19-10-4-5-11-12(6-10)20-9(2)18-11/h4-8H,3H2,1-2H3,(H2,15,16,17,19). The molecule has 6 nitrogen and oxygen atoms in total. The van der Waals surface area contributed by atoms with Crippen molar-refractivity contribution >= 4 is 28.4 Å². The van der Waals surface area contributed by atoms with Gasteiger partial charge in [-0.25, -0.2) is 15.0 Å². The molecule has 0 aliphatic carbocycles. The van der Waals surface area contributed by atoms with Gasteiger partial charge in [0.2, 0.25) is 0 Å². The Bertz CT molecular complexity index is 737.